The van der Waals surface area contributed by atoms with Crippen molar-refractivity contribution in [1.82, 2.24) is 0 Å². The van der Waals surface area contributed by atoms with Crippen molar-refractivity contribution in [3.63, 3.8) is 0 Å². The Hall–Kier alpha value is -0.920. The van der Waals surface area contributed by atoms with Crippen LogP contribution in [-0.4, -0.2) is 19.5 Å². The van der Waals surface area contributed by atoms with Gasteiger partial charge in [-0.1, -0.05) is 11.6 Å². The summed E-state index contributed by atoms with van der Waals surface area (Å²) >= 11 is 5.19. The molecule has 0 radical (unpaired) electrons. The molecule has 1 aromatic rings. The molecule has 1 aromatic carbocycles. The van der Waals surface area contributed by atoms with Gasteiger partial charge in [0.25, 0.3) is 9.05 Å². The second-order valence-electron chi connectivity index (χ2n) is 2.61. The molecule has 0 atom stereocenters. The lowest BCUT2D eigenvalue weighted by atomic mass is 10.2. The van der Waals surface area contributed by atoms with Gasteiger partial charge in [-0.25, -0.2) is 22.0 Å². The third-order valence-electron chi connectivity index (χ3n) is 1.59. The number of rotatable bonds is 2. The highest BCUT2D eigenvalue weighted by molar-refractivity contribution is 8.13. The molecule has 1 N–H and O–H groups in total. The maximum atomic E-state index is 13.4. The highest BCUT2D eigenvalue weighted by Gasteiger charge is 2.28. The van der Waals surface area contributed by atoms with Crippen LogP contribution in [0, 0.1) is 11.6 Å². The van der Waals surface area contributed by atoms with E-state index in [0.717, 1.165) is 0 Å². The number of aromatic carboxylic acids is 1. The number of hydrogen-bond acceptors (Lipinski definition) is 3. The molecule has 0 bridgehead atoms. The van der Waals surface area contributed by atoms with Crippen molar-refractivity contribution in [2.24, 2.45) is 0 Å². The summed E-state index contributed by atoms with van der Waals surface area (Å²) in [4.78, 5) is 9.10. The first kappa shape index (κ1) is 13.1. The fraction of sp³-hybridized carbons (Fsp3) is 0. The second-order valence-corrected chi connectivity index (χ2v) is 5.49. The summed E-state index contributed by atoms with van der Waals surface area (Å²) in [6, 6.07) is 0.269. The second kappa shape index (κ2) is 4.15. The first-order chi connectivity index (χ1) is 7.16. The predicted octanol–water partition coefficient (Wildman–Crippen LogP) is 2.24. The van der Waals surface area contributed by atoms with Crippen molar-refractivity contribution in [3.05, 3.63) is 28.3 Å². The van der Waals surface area contributed by atoms with Crippen LogP contribution < -0.4 is 0 Å². The minimum absolute atomic E-state index is 0.269. The molecule has 0 unspecified atom stereocenters. The molecule has 0 spiro atoms. The highest BCUT2D eigenvalue weighted by Crippen LogP contribution is 2.32. The van der Waals surface area contributed by atoms with Gasteiger partial charge < -0.3 is 5.11 Å². The van der Waals surface area contributed by atoms with Crippen LogP contribution in [0.4, 0.5) is 8.78 Å². The van der Waals surface area contributed by atoms with E-state index in [9.17, 15) is 22.0 Å². The highest BCUT2D eigenvalue weighted by atomic mass is 35.7. The molecule has 0 aliphatic rings. The monoisotopic (exact) mass is 290 g/mol. The first-order valence-corrected chi connectivity index (χ1v) is 6.20. The summed E-state index contributed by atoms with van der Waals surface area (Å²) < 4.78 is 48.2. The molecule has 0 heterocycles. The molecule has 0 aliphatic carbocycles. The van der Waals surface area contributed by atoms with E-state index < -0.39 is 42.1 Å². The molecule has 0 aromatic heterocycles. The Morgan fingerprint density at radius 3 is 2.25 bits per heavy atom. The van der Waals surface area contributed by atoms with E-state index in [2.05, 4.69) is 0 Å². The third-order valence-corrected chi connectivity index (χ3v) is 3.41. The summed E-state index contributed by atoms with van der Waals surface area (Å²) in [7, 11) is 0.125. The van der Waals surface area contributed by atoms with Crippen molar-refractivity contribution < 1.29 is 27.1 Å². The Balaban J connectivity index is 3.80. The summed E-state index contributed by atoms with van der Waals surface area (Å²) in [5, 5.41) is 7.40. The van der Waals surface area contributed by atoms with Crippen LogP contribution in [0.2, 0.25) is 5.02 Å². The fourth-order valence-corrected chi connectivity index (χ4v) is 2.58. The van der Waals surface area contributed by atoms with Crippen molar-refractivity contribution in [3.8, 4) is 0 Å². The van der Waals surface area contributed by atoms with Crippen molar-refractivity contribution in [2.75, 3.05) is 0 Å². The maximum absolute atomic E-state index is 13.4. The van der Waals surface area contributed by atoms with E-state index in [1.54, 1.807) is 0 Å². The zero-order valence-electron chi connectivity index (χ0n) is 7.17. The van der Waals surface area contributed by atoms with Crippen LogP contribution in [0.15, 0.2) is 11.0 Å². The van der Waals surface area contributed by atoms with Crippen LogP contribution in [0.5, 0.6) is 0 Å². The van der Waals surface area contributed by atoms with E-state index in [-0.39, 0.29) is 6.07 Å². The number of hydrogen-bond donors (Lipinski definition) is 1. The summed E-state index contributed by atoms with van der Waals surface area (Å²) in [5.74, 6) is -4.93. The van der Waals surface area contributed by atoms with Crippen LogP contribution in [0.3, 0.4) is 0 Å². The van der Waals surface area contributed by atoms with Crippen LogP contribution >= 0.6 is 22.3 Å². The Morgan fingerprint density at radius 1 is 1.38 bits per heavy atom. The Labute approximate surface area is 97.8 Å². The minimum Gasteiger partial charge on any atom is -0.478 e. The Bertz CT molecular complexity index is 570. The molecule has 16 heavy (non-hydrogen) atoms. The van der Waals surface area contributed by atoms with Crippen LogP contribution in [-0.2, 0) is 9.05 Å². The zero-order chi connectivity index (χ0) is 12.7. The van der Waals surface area contributed by atoms with Gasteiger partial charge in [0.2, 0.25) is 0 Å². The number of carboxylic acid groups (broad SMARTS) is 1. The van der Waals surface area contributed by atoms with Gasteiger partial charge in [-0.05, 0) is 6.07 Å². The smallest absolute Gasteiger partial charge is 0.338 e. The zero-order valence-corrected chi connectivity index (χ0v) is 9.50. The normalized spacial score (nSPS) is 11.5. The summed E-state index contributed by atoms with van der Waals surface area (Å²) in [6.07, 6.45) is 0. The fourth-order valence-electron chi connectivity index (χ4n) is 0.950. The van der Waals surface area contributed by atoms with E-state index in [1.807, 2.05) is 0 Å². The molecule has 9 heteroatoms. The number of benzene rings is 1. The van der Waals surface area contributed by atoms with Gasteiger partial charge in [-0.15, -0.1) is 0 Å². The van der Waals surface area contributed by atoms with Crippen LogP contribution in [0.25, 0.3) is 0 Å². The standard InChI is InChI=1S/C7H2Cl2F2O4S/c8-4-3(10)1-2(7(12)13)5(11)6(4)16(9,14)15/h1H,(H,12,13). The van der Waals surface area contributed by atoms with Gasteiger partial charge in [0.05, 0.1) is 10.6 Å². The van der Waals surface area contributed by atoms with Gasteiger partial charge in [-0.2, -0.15) is 0 Å². The largest absolute Gasteiger partial charge is 0.478 e. The van der Waals surface area contributed by atoms with Gasteiger partial charge in [0, 0.05) is 10.7 Å². The van der Waals surface area contributed by atoms with Crippen molar-refractivity contribution >= 4 is 37.3 Å². The quantitative estimate of drug-likeness (QED) is 0.670. The number of carboxylic acids is 1. The first-order valence-electron chi connectivity index (χ1n) is 3.51. The van der Waals surface area contributed by atoms with E-state index in [0.29, 0.717) is 0 Å². The van der Waals surface area contributed by atoms with Crippen molar-refractivity contribution in [2.45, 2.75) is 4.90 Å². The van der Waals surface area contributed by atoms with Gasteiger partial charge in [-0.3, -0.25) is 0 Å². The Kier molecular flexibility index (Phi) is 3.41. The topological polar surface area (TPSA) is 71.4 Å². The molecular weight excluding hydrogens is 289 g/mol. The van der Waals surface area contributed by atoms with Gasteiger partial charge in [0.15, 0.2) is 5.82 Å². The Morgan fingerprint density at radius 2 is 1.88 bits per heavy atom. The molecule has 0 aliphatic heterocycles. The molecule has 0 saturated heterocycles. The van der Waals surface area contributed by atoms with Crippen LogP contribution in [0.1, 0.15) is 10.4 Å². The molecule has 0 saturated carbocycles. The lowest BCUT2D eigenvalue weighted by Crippen LogP contribution is -2.08. The summed E-state index contributed by atoms with van der Waals surface area (Å²) in [6.45, 7) is 0. The minimum atomic E-state index is -4.68. The van der Waals surface area contributed by atoms with Crippen molar-refractivity contribution in [1.29, 1.82) is 0 Å². The van der Waals surface area contributed by atoms with E-state index in [1.165, 1.54) is 0 Å². The third kappa shape index (κ3) is 2.26. The molecular formula is C7H2Cl2F2O4S. The molecule has 88 valence electrons. The predicted molar refractivity (Wildman–Crippen MR) is 51.4 cm³/mol. The van der Waals surface area contributed by atoms with Gasteiger partial charge in [0.1, 0.15) is 10.7 Å². The van der Waals surface area contributed by atoms with E-state index >= 15 is 0 Å². The molecule has 0 amide bonds. The average molecular weight is 291 g/mol. The number of halogens is 4. The number of carbonyl (C=O) groups is 1. The SMILES string of the molecule is O=C(O)c1cc(F)c(Cl)c(S(=O)(=O)Cl)c1F. The van der Waals surface area contributed by atoms with E-state index in [4.69, 9.17) is 27.4 Å². The lowest BCUT2D eigenvalue weighted by Gasteiger charge is -2.05. The maximum Gasteiger partial charge on any atom is 0.338 e. The molecule has 0 fully saturated rings. The van der Waals surface area contributed by atoms with Gasteiger partial charge >= 0.3 is 5.97 Å². The molecule has 1 rings (SSSR count). The average Bonchev–Trinajstić information content (AvgIpc) is 2.08. The molecule has 4 nitrogen and oxygen atoms in total. The summed E-state index contributed by atoms with van der Waals surface area (Å²) in [5.41, 5.74) is -1.17. The lowest BCUT2D eigenvalue weighted by molar-refractivity contribution is 0.0690.